The summed E-state index contributed by atoms with van der Waals surface area (Å²) < 4.78 is 26.8. The van der Waals surface area contributed by atoms with Gasteiger partial charge >= 0.3 is 0 Å². The Morgan fingerprint density at radius 3 is 2.30 bits per heavy atom. The number of Topliss-reactive ketones (excluding diaryl/α,β-unsaturated/α-hetero) is 1. The maximum absolute atomic E-state index is 13.4. The van der Waals surface area contributed by atoms with E-state index in [4.69, 9.17) is 0 Å². The molecule has 0 unspecified atom stereocenters. The van der Waals surface area contributed by atoms with Crippen molar-refractivity contribution < 1.29 is 13.2 Å². The van der Waals surface area contributed by atoms with E-state index in [1.165, 1.54) is 0 Å². The predicted molar refractivity (Wildman–Crippen MR) is 109 cm³/mol. The number of carbonyl (C=O) groups excluding carboxylic acids is 1. The minimum Gasteiger partial charge on any atom is -0.293 e. The number of benzene rings is 2. The second kappa shape index (κ2) is 8.22. The van der Waals surface area contributed by atoms with Gasteiger partial charge < -0.3 is 0 Å². The van der Waals surface area contributed by atoms with E-state index in [-0.39, 0.29) is 16.6 Å². The average molecular weight is 383 g/mol. The summed E-state index contributed by atoms with van der Waals surface area (Å²) in [7, 11) is -3.74. The van der Waals surface area contributed by atoms with Crippen LogP contribution >= 0.6 is 0 Å². The van der Waals surface area contributed by atoms with Crippen molar-refractivity contribution in [2.75, 3.05) is 0 Å². The predicted octanol–water partition coefficient (Wildman–Crippen LogP) is 5.00. The van der Waals surface area contributed by atoms with Crippen molar-refractivity contribution in [2.45, 2.75) is 49.7 Å². The van der Waals surface area contributed by atoms with Crippen LogP contribution in [0.2, 0.25) is 0 Å². The molecular formula is C23H26O3S. The average Bonchev–Trinajstić information content (AvgIpc) is 2.67. The zero-order chi connectivity index (χ0) is 19.4. The molecule has 0 radical (unpaired) electrons. The van der Waals surface area contributed by atoms with Gasteiger partial charge in [0.25, 0.3) is 0 Å². The molecule has 0 amide bonds. The lowest BCUT2D eigenvalue weighted by atomic mass is 9.82. The van der Waals surface area contributed by atoms with Gasteiger partial charge in [0, 0.05) is 5.57 Å². The molecule has 0 spiro atoms. The Morgan fingerprint density at radius 1 is 1.00 bits per heavy atom. The summed E-state index contributed by atoms with van der Waals surface area (Å²) in [5, 5.41) is -1.01. The first-order valence-corrected chi connectivity index (χ1v) is 11.1. The van der Waals surface area contributed by atoms with Crippen LogP contribution in [-0.4, -0.2) is 19.5 Å². The lowest BCUT2D eigenvalue weighted by Crippen LogP contribution is -2.40. The zero-order valence-corrected chi connectivity index (χ0v) is 16.7. The fourth-order valence-corrected chi connectivity index (χ4v) is 5.71. The third kappa shape index (κ3) is 4.06. The van der Waals surface area contributed by atoms with Crippen LogP contribution in [-0.2, 0) is 14.6 Å². The Labute approximate surface area is 162 Å². The topological polar surface area (TPSA) is 51.2 Å². The van der Waals surface area contributed by atoms with Crippen LogP contribution in [0.5, 0.6) is 0 Å². The van der Waals surface area contributed by atoms with E-state index in [1.54, 1.807) is 24.3 Å². The van der Waals surface area contributed by atoms with Crippen LogP contribution in [0.25, 0.3) is 5.57 Å². The first-order valence-electron chi connectivity index (χ1n) is 9.55. The molecule has 1 aliphatic carbocycles. The molecule has 0 aromatic heterocycles. The first-order chi connectivity index (χ1) is 12.9. The van der Waals surface area contributed by atoms with Gasteiger partial charge in [-0.3, -0.25) is 4.79 Å². The number of allylic oxidation sites excluding steroid dienone is 2. The lowest BCUT2D eigenvalue weighted by molar-refractivity contribution is -0.114. The molecular weight excluding hydrogens is 356 g/mol. The Bertz CT molecular complexity index is 925. The van der Waals surface area contributed by atoms with Crippen molar-refractivity contribution >= 4 is 21.2 Å². The number of ketones is 1. The fraction of sp³-hybridized carbons (Fsp3) is 0.348. The number of hydrogen-bond acceptors (Lipinski definition) is 3. The van der Waals surface area contributed by atoms with Crippen LogP contribution in [0, 0.1) is 12.8 Å². The van der Waals surface area contributed by atoms with E-state index in [2.05, 4.69) is 6.92 Å². The molecule has 1 aliphatic rings. The number of hydrogen-bond donors (Lipinski definition) is 0. The van der Waals surface area contributed by atoms with E-state index >= 15 is 0 Å². The maximum Gasteiger partial charge on any atom is 0.188 e. The van der Waals surface area contributed by atoms with E-state index in [9.17, 15) is 13.2 Å². The van der Waals surface area contributed by atoms with Crippen LogP contribution in [0.3, 0.4) is 0 Å². The van der Waals surface area contributed by atoms with Crippen LogP contribution in [0.4, 0.5) is 0 Å². The number of carbonyl (C=O) groups is 1. The van der Waals surface area contributed by atoms with Gasteiger partial charge in [-0.25, -0.2) is 8.42 Å². The zero-order valence-electron chi connectivity index (χ0n) is 15.9. The summed E-state index contributed by atoms with van der Waals surface area (Å²) >= 11 is 0. The Morgan fingerprint density at radius 2 is 1.67 bits per heavy atom. The molecule has 0 bridgehead atoms. The highest BCUT2D eigenvalue weighted by Gasteiger charge is 2.43. The van der Waals surface area contributed by atoms with Crippen molar-refractivity contribution in [3.63, 3.8) is 0 Å². The molecule has 142 valence electrons. The normalized spacial score (nSPS) is 20.4. The van der Waals surface area contributed by atoms with Crippen molar-refractivity contribution in [2.24, 2.45) is 5.92 Å². The van der Waals surface area contributed by atoms with Crippen LogP contribution in [0.1, 0.15) is 43.7 Å². The van der Waals surface area contributed by atoms with Gasteiger partial charge in [-0.2, -0.15) is 0 Å². The molecule has 0 saturated heterocycles. The van der Waals surface area contributed by atoms with Gasteiger partial charge in [-0.1, -0.05) is 73.9 Å². The monoisotopic (exact) mass is 382 g/mol. The molecule has 0 fully saturated rings. The third-order valence-electron chi connectivity index (χ3n) is 5.27. The largest absolute Gasteiger partial charge is 0.293 e. The molecule has 2 atom stereocenters. The second-order valence-corrected chi connectivity index (χ2v) is 9.33. The Balaban J connectivity index is 2.03. The molecule has 0 N–H and O–H groups in total. The molecule has 0 aliphatic heterocycles. The minimum atomic E-state index is -3.74. The Kier molecular flexibility index (Phi) is 5.95. The van der Waals surface area contributed by atoms with Gasteiger partial charge in [-0.15, -0.1) is 0 Å². The highest BCUT2D eigenvalue weighted by Crippen LogP contribution is 2.37. The maximum atomic E-state index is 13.4. The summed E-state index contributed by atoms with van der Waals surface area (Å²) in [5.74, 6) is -0.439. The smallest absolute Gasteiger partial charge is 0.188 e. The summed E-state index contributed by atoms with van der Waals surface area (Å²) in [6, 6.07) is 16.2. The van der Waals surface area contributed by atoms with E-state index < -0.39 is 15.1 Å². The summed E-state index contributed by atoms with van der Waals surface area (Å²) in [5.41, 5.74) is 2.32. The number of aryl methyl sites for hydroxylation is 1. The molecule has 2 aromatic carbocycles. The molecule has 27 heavy (non-hydrogen) atoms. The van der Waals surface area contributed by atoms with E-state index in [0.717, 1.165) is 30.4 Å². The van der Waals surface area contributed by atoms with Crippen molar-refractivity contribution in [3.8, 4) is 0 Å². The van der Waals surface area contributed by atoms with E-state index in [0.29, 0.717) is 12.0 Å². The Hall–Kier alpha value is -2.20. The summed E-state index contributed by atoms with van der Waals surface area (Å²) in [6.07, 6.45) is 5.20. The fourth-order valence-electron chi connectivity index (χ4n) is 3.74. The standard InChI is InChI=1S/C23H26O3S/c1-3-4-8-19-13-16-21(18-9-6-5-7-10-18)22(24)23(19)27(25,26)20-14-11-17(2)12-15-20/h5-7,9-12,14-16,19,23H,3-4,8,13H2,1-2H3/t19-,23+/m1/s1. The van der Waals surface area contributed by atoms with Crippen LogP contribution < -0.4 is 0 Å². The quantitative estimate of drug-likeness (QED) is 0.706. The first kappa shape index (κ1) is 19.6. The number of rotatable bonds is 6. The third-order valence-corrected chi connectivity index (χ3v) is 7.47. The second-order valence-electron chi connectivity index (χ2n) is 7.26. The van der Waals surface area contributed by atoms with E-state index in [1.807, 2.05) is 43.3 Å². The summed E-state index contributed by atoms with van der Waals surface area (Å²) in [6.45, 7) is 4.00. The molecule has 0 saturated carbocycles. The van der Waals surface area contributed by atoms with Gasteiger partial charge in [-0.05, 0) is 43.4 Å². The molecule has 2 aromatic rings. The van der Waals surface area contributed by atoms with Gasteiger partial charge in [0.05, 0.1) is 4.90 Å². The van der Waals surface area contributed by atoms with Crippen molar-refractivity contribution in [1.82, 2.24) is 0 Å². The van der Waals surface area contributed by atoms with Gasteiger partial charge in [0.1, 0.15) is 5.25 Å². The number of unbranched alkanes of at least 4 members (excludes halogenated alkanes) is 1. The summed E-state index contributed by atoms with van der Waals surface area (Å²) in [4.78, 5) is 13.6. The number of sulfone groups is 1. The van der Waals surface area contributed by atoms with Gasteiger partial charge in [0.2, 0.25) is 0 Å². The molecule has 3 rings (SSSR count). The minimum absolute atomic E-state index is 0.170. The molecule has 4 heteroatoms. The highest BCUT2D eigenvalue weighted by molar-refractivity contribution is 7.93. The molecule has 0 heterocycles. The lowest BCUT2D eigenvalue weighted by Gasteiger charge is -2.30. The SMILES string of the molecule is CCCC[C@@H]1CC=C(c2ccccc2)C(=O)[C@H]1S(=O)(=O)c1ccc(C)cc1. The van der Waals surface area contributed by atoms with Gasteiger partial charge in [0.15, 0.2) is 15.6 Å². The van der Waals surface area contributed by atoms with Crippen LogP contribution in [0.15, 0.2) is 65.6 Å². The van der Waals surface area contributed by atoms with Crippen molar-refractivity contribution in [3.05, 3.63) is 71.8 Å². The molecule has 3 nitrogen and oxygen atoms in total. The highest BCUT2D eigenvalue weighted by atomic mass is 32.2. The van der Waals surface area contributed by atoms with Crippen molar-refractivity contribution in [1.29, 1.82) is 0 Å².